The second-order valence-electron chi connectivity index (χ2n) is 1.50. The molecular weight excluding hydrogens is 64.0 g/mol. The van der Waals surface area contributed by atoms with Gasteiger partial charge in [0.25, 0.3) is 0 Å². The lowest BCUT2D eigenvalue weighted by Gasteiger charge is -1.46. The van der Waals surface area contributed by atoms with Gasteiger partial charge in [-0.25, -0.2) is 0 Å². The fourth-order valence-corrected chi connectivity index (χ4v) is 0.238. The van der Waals surface area contributed by atoms with E-state index in [0.29, 0.717) is 6.04 Å². The van der Waals surface area contributed by atoms with E-state index in [1.54, 1.807) is 4.70 Å². The standard InChI is InChI=1S/C3H7N2/c1-3-2-5(3)4/h3-4H,2H2,1H3/q+1. The molecule has 1 rings (SSSR count). The van der Waals surface area contributed by atoms with Crippen LogP contribution in [0.2, 0.25) is 0 Å². The van der Waals surface area contributed by atoms with Crippen molar-refractivity contribution in [1.82, 2.24) is 0 Å². The van der Waals surface area contributed by atoms with Crippen molar-refractivity contribution in [2.45, 2.75) is 13.0 Å². The van der Waals surface area contributed by atoms with Crippen molar-refractivity contribution >= 4 is 0 Å². The van der Waals surface area contributed by atoms with E-state index in [4.69, 9.17) is 5.53 Å². The molecule has 1 unspecified atom stereocenters. The summed E-state index contributed by atoms with van der Waals surface area (Å²) in [4.78, 5) is 0. The third kappa shape index (κ3) is 0.294. The van der Waals surface area contributed by atoms with Gasteiger partial charge in [-0.15, -0.1) is 4.70 Å². The van der Waals surface area contributed by atoms with Crippen LogP contribution in [0.5, 0.6) is 0 Å². The lowest BCUT2D eigenvalue weighted by molar-refractivity contribution is -0.462. The van der Waals surface area contributed by atoms with Crippen LogP contribution in [0.4, 0.5) is 0 Å². The minimum Gasteiger partial charge on any atom is -0.114 e. The Bertz CT molecular complexity index is 67.3. The molecule has 1 aliphatic heterocycles. The molecule has 1 heterocycles. The van der Waals surface area contributed by atoms with Crippen molar-refractivity contribution in [3.8, 4) is 0 Å². The number of nitrogens with zero attached hydrogens (tertiary/aromatic N) is 1. The van der Waals surface area contributed by atoms with Gasteiger partial charge in [0, 0.05) is 6.92 Å². The zero-order chi connectivity index (χ0) is 3.86. The van der Waals surface area contributed by atoms with Crippen LogP contribution in [0.3, 0.4) is 0 Å². The summed E-state index contributed by atoms with van der Waals surface area (Å²) in [6.07, 6.45) is 0. The first kappa shape index (κ1) is 2.82. The van der Waals surface area contributed by atoms with Crippen molar-refractivity contribution in [2.24, 2.45) is 0 Å². The van der Waals surface area contributed by atoms with Crippen LogP contribution >= 0.6 is 0 Å². The number of hydrogen-bond donors (Lipinski definition) is 1. The SMILES string of the molecule is CC1C[N+]1=N. The van der Waals surface area contributed by atoms with Gasteiger partial charge in [-0.3, -0.25) is 0 Å². The normalized spacial score (nSPS) is 34.6. The van der Waals surface area contributed by atoms with Gasteiger partial charge in [-0.05, 0) is 0 Å². The van der Waals surface area contributed by atoms with Crippen LogP contribution in [0.15, 0.2) is 0 Å². The van der Waals surface area contributed by atoms with E-state index in [9.17, 15) is 0 Å². The van der Waals surface area contributed by atoms with Crippen molar-refractivity contribution < 1.29 is 4.70 Å². The maximum Gasteiger partial charge on any atom is 0.235 e. The van der Waals surface area contributed by atoms with E-state index in [2.05, 4.69) is 0 Å². The van der Waals surface area contributed by atoms with Crippen LogP contribution in [0, 0.1) is 5.53 Å². The van der Waals surface area contributed by atoms with Gasteiger partial charge in [0.05, 0.1) is 0 Å². The van der Waals surface area contributed by atoms with E-state index in [1.807, 2.05) is 6.92 Å². The highest BCUT2D eigenvalue weighted by Gasteiger charge is 2.35. The molecule has 0 bridgehead atoms. The quantitative estimate of drug-likeness (QED) is 0.317. The Morgan fingerprint density at radius 2 is 2.20 bits per heavy atom. The monoisotopic (exact) mass is 71.1 g/mol. The highest BCUT2D eigenvalue weighted by Crippen LogP contribution is 2.03. The summed E-state index contributed by atoms with van der Waals surface area (Å²) < 4.78 is 1.54. The molecule has 0 aromatic rings. The Morgan fingerprint density at radius 1 is 2.00 bits per heavy atom. The van der Waals surface area contributed by atoms with E-state index >= 15 is 0 Å². The minimum absolute atomic E-state index is 0.551. The topological polar surface area (TPSA) is 26.9 Å². The molecule has 5 heavy (non-hydrogen) atoms. The van der Waals surface area contributed by atoms with Gasteiger partial charge in [-0.1, -0.05) is 5.53 Å². The maximum atomic E-state index is 6.73. The molecule has 0 amide bonds. The van der Waals surface area contributed by atoms with Crippen LogP contribution in [0.25, 0.3) is 0 Å². The Balaban J connectivity index is 2.47. The lowest BCUT2D eigenvalue weighted by atomic mass is 10.6. The summed E-state index contributed by atoms with van der Waals surface area (Å²) in [5.41, 5.74) is 6.73. The third-order valence-electron chi connectivity index (χ3n) is 0.859. The molecule has 0 aromatic heterocycles. The fourth-order valence-electron chi connectivity index (χ4n) is 0.238. The molecule has 1 atom stereocenters. The zero-order valence-electron chi connectivity index (χ0n) is 3.23. The van der Waals surface area contributed by atoms with Crippen LogP contribution in [0.1, 0.15) is 6.92 Å². The Labute approximate surface area is 30.9 Å². The van der Waals surface area contributed by atoms with E-state index in [-0.39, 0.29) is 0 Å². The summed E-state index contributed by atoms with van der Waals surface area (Å²) in [5, 5.41) is 0. The smallest absolute Gasteiger partial charge is 0.114 e. The van der Waals surface area contributed by atoms with Crippen molar-refractivity contribution in [3.05, 3.63) is 0 Å². The maximum absolute atomic E-state index is 6.73. The van der Waals surface area contributed by atoms with Gasteiger partial charge in [-0.2, -0.15) is 0 Å². The zero-order valence-corrected chi connectivity index (χ0v) is 3.23. The molecule has 2 nitrogen and oxygen atoms in total. The predicted molar refractivity (Wildman–Crippen MR) is 17.3 cm³/mol. The molecule has 0 radical (unpaired) electrons. The van der Waals surface area contributed by atoms with Gasteiger partial charge in [0.2, 0.25) is 12.6 Å². The molecule has 1 fully saturated rings. The van der Waals surface area contributed by atoms with Gasteiger partial charge >= 0.3 is 0 Å². The van der Waals surface area contributed by atoms with Gasteiger partial charge in [0.15, 0.2) is 0 Å². The highest BCUT2D eigenvalue weighted by molar-refractivity contribution is 4.51. The lowest BCUT2D eigenvalue weighted by Crippen LogP contribution is -1.69. The summed E-state index contributed by atoms with van der Waals surface area (Å²) >= 11 is 0. The summed E-state index contributed by atoms with van der Waals surface area (Å²) in [6.45, 7) is 3.01. The fraction of sp³-hybridized carbons (Fsp3) is 1.00. The molecule has 1 N–H and O–H groups in total. The van der Waals surface area contributed by atoms with E-state index in [0.717, 1.165) is 6.54 Å². The average molecular weight is 71.1 g/mol. The molecule has 0 aliphatic carbocycles. The van der Waals surface area contributed by atoms with Gasteiger partial charge in [0.1, 0.15) is 0 Å². The second-order valence-corrected chi connectivity index (χ2v) is 1.50. The first-order chi connectivity index (χ1) is 2.30. The highest BCUT2D eigenvalue weighted by atomic mass is 15.3. The predicted octanol–water partition coefficient (Wildman–Crippen LogP) is 0.432. The minimum atomic E-state index is 0.551. The van der Waals surface area contributed by atoms with Crippen LogP contribution in [-0.2, 0) is 0 Å². The Hall–Kier alpha value is -0.400. The van der Waals surface area contributed by atoms with Crippen molar-refractivity contribution in [2.75, 3.05) is 6.54 Å². The second kappa shape index (κ2) is 0.559. The molecule has 28 valence electrons. The molecule has 1 aliphatic rings. The van der Waals surface area contributed by atoms with E-state index < -0.39 is 0 Å². The molecular formula is C3H7N2+. The summed E-state index contributed by atoms with van der Waals surface area (Å²) in [6, 6.07) is 0.551. The Kier molecular flexibility index (Phi) is 0.315. The molecule has 2 heteroatoms. The average Bonchev–Trinajstić information content (AvgIpc) is 1.79. The third-order valence-corrected chi connectivity index (χ3v) is 0.859. The van der Waals surface area contributed by atoms with Gasteiger partial charge < -0.3 is 0 Å². The first-order valence-corrected chi connectivity index (χ1v) is 1.78. The number of nitrogens with one attached hydrogen (secondary N) is 1. The Morgan fingerprint density at radius 3 is 2.20 bits per heavy atom. The van der Waals surface area contributed by atoms with E-state index in [1.165, 1.54) is 0 Å². The van der Waals surface area contributed by atoms with Crippen LogP contribution in [-0.4, -0.2) is 17.3 Å². The molecule has 0 saturated carbocycles. The molecule has 0 spiro atoms. The van der Waals surface area contributed by atoms with Crippen molar-refractivity contribution in [3.63, 3.8) is 0 Å². The molecule has 0 aromatic carbocycles. The largest absolute Gasteiger partial charge is 0.235 e. The number of rotatable bonds is 0. The van der Waals surface area contributed by atoms with Crippen molar-refractivity contribution in [1.29, 1.82) is 5.53 Å². The summed E-state index contributed by atoms with van der Waals surface area (Å²) in [5.74, 6) is 0. The first-order valence-electron chi connectivity index (χ1n) is 1.78. The van der Waals surface area contributed by atoms with Crippen LogP contribution < -0.4 is 0 Å². The molecule has 1 saturated heterocycles. The summed E-state index contributed by atoms with van der Waals surface area (Å²) in [7, 11) is 0. The number of hydrogen-bond acceptors (Lipinski definition) is 1.